The average molecular weight is 771 g/mol. The molecule has 0 saturated heterocycles. The molecule has 0 amide bonds. The van der Waals surface area contributed by atoms with Crippen LogP contribution in [0.25, 0.3) is 64.0 Å². The van der Waals surface area contributed by atoms with Gasteiger partial charge in [0.05, 0.1) is 11.4 Å². The second-order valence-electron chi connectivity index (χ2n) is 14.9. The molecule has 0 bridgehead atoms. The topological polar surface area (TPSA) is 6.48 Å². The van der Waals surface area contributed by atoms with Crippen LogP contribution in [0.15, 0.2) is 231 Å². The van der Waals surface area contributed by atoms with Gasteiger partial charge in [-0.3, -0.25) is 0 Å². The molecule has 0 spiro atoms. The summed E-state index contributed by atoms with van der Waals surface area (Å²) >= 11 is 1.88. The van der Waals surface area contributed by atoms with Crippen molar-refractivity contribution in [2.75, 3.05) is 9.80 Å². The van der Waals surface area contributed by atoms with E-state index in [-0.39, 0.29) is 0 Å². The van der Waals surface area contributed by atoms with E-state index in [4.69, 9.17) is 0 Å². The molecular weight excluding hydrogens is 733 g/mol. The zero-order valence-electron chi connectivity index (χ0n) is 32.2. The lowest BCUT2D eigenvalue weighted by Gasteiger charge is -2.28. The van der Waals surface area contributed by atoms with E-state index >= 15 is 0 Å². The Kier molecular flexibility index (Phi) is 8.72. The van der Waals surface area contributed by atoms with E-state index < -0.39 is 0 Å². The van der Waals surface area contributed by atoms with Gasteiger partial charge in [-0.2, -0.15) is 0 Å². The first kappa shape index (κ1) is 34.8. The van der Waals surface area contributed by atoms with Crippen LogP contribution in [0.1, 0.15) is 0 Å². The van der Waals surface area contributed by atoms with Gasteiger partial charge in [-0.05, 0) is 93.7 Å². The number of rotatable bonds is 8. The average Bonchev–Trinajstić information content (AvgIpc) is 3.69. The summed E-state index contributed by atoms with van der Waals surface area (Å²) in [6, 6.07) is 83.5. The molecule has 0 fully saturated rings. The predicted molar refractivity (Wildman–Crippen MR) is 255 cm³/mol. The number of nitrogens with zero attached hydrogens (tertiary/aromatic N) is 2. The summed E-state index contributed by atoms with van der Waals surface area (Å²) < 4.78 is 2.52. The number of anilines is 6. The van der Waals surface area contributed by atoms with Crippen LogP contribution in [-0.2, 0) is 0 Å². The fourth-order valence-corrected chi connectivity index (χ4v) is 9.95. The van der Waals surface area contributed by atoms with Crippen molar-refractivity contribution < 1.29 is 0 Å². The molecule has 11 rings (SSSR count). The molecule has 1 aromatic heterocycles. The third-order valence-corrected chi connectivity index (χ3v) is 12.5. The molecule has 0 N–H and O–H groups in total. The number of hydrogen-bond acceptors (Lipinski definition) is 3. The number of benzene rings is 10. The van der Waals surface area contributed by atoms with Crippen molar-refractivity contribution in [2.24, 2.45) is 0 Å². The molecule has 1 heterocycles. The molecule has 0 unspecified atom stereocenters. The van der Waals surface area contributed by atoms with Crippen molar-refractivity contribution in [3.63, 3.8) is 0 Å². The monoisotopic (exact) mass is 770 g/mol. The Labute approximate surface area is 348 Å². The summed E-state index contributed by atoms with van der Waals surface area (Å²) in [6.45, 7) is 0. The fraction of sp³-hybridized carbons (Fsp3) is 0. The Balaban J connectivity index is 1.17. The SMILES string of the molecule is c1ccc(-c2cccc(N(c3ccccc3)c3cc4sc5cc(N(c6ccccc6)c6cccc(-c7ccccc7)c6)c6ccccc6c5c4c4ccccc34)c2)cc1. The van der Waals surface area contributed by atoms with E-state index in [0.29, 0.717) is 0 Å². The maximum atomic E-state index is 2.43. The van der Waals surface area contributed by atoms with Gasteiger partial charge in [-0.1, -0.05) is 170 Å². The van der Waals surface area contributed by atoms with E-state index in [2.05, 4.69) is 240 Å². The van der Waals surface area contributed by atoms with Crippen molar-refractivity contribution in [1.82, 2.24) is 0 Å². The van der Waals surface area contributed by atoms with Crippen LogP contribution < -0.4 is 9.80 Å². The molecule has 0 aliphatic carbocycles. The maximum Gasteiger partial charge on any atom is 0.0554 e. The van der Waals surface area contributed by atoms with Gasteiger partial charge >= 0.3 is 0 Å². The van der Waals surface area contributed by atoms with Crippen molar-refractivity contribution in [3.8, 4) is 22.3 Å². The second-order valence-corrected chi connectivity index (χ2v) is 16.0. The minimum atomic E-state index is 1.12. The van der Waals surface area contributed by atoms with Gasteiger partial charge in [-0.25, -0.2) is 0 Å². The van der Waals surface area contributed by atoms with Crippen LogP contribution >= 0.6 is 11.3 Å². The molecule has 10 aromatic carbocycles. The van der Waals surface area contributed by atoms with E-state index in [1.807, 2.05) is 11.3 Å². The molecule has 11 aromatic rings. The highest BCUT2D eigenvalue weighted by atomic mass is 32.1. The summed E-state index contributed by atoms with van der Waals surface area (Å²) in [5.41, 5.74) is 11.6. The van der Waals surface area contributed by atoms with Crippen molar-refractivity contribution in [3.05, 3.63) is 231 Å². The second kappa shape index (κ2) is 14.8. The van der Waals surface area contributed by atoms with Gasteiger partial charge in [0.15, 0.2) is 0 Å². The van der Waals surface area contributed by atoms with Crippen molar-refractivity contribution in [1.29, 1.82) is 0 Å². The van der Waals surface area contributed by atoms with Crippen LogP contribution in [0.4, 0.5) is 34.1 Å². The van der Waals surface area contributed by atoms with Crippen LogP contribution in [0.5, 0.6) is 0 Å². The Bertz CT molecular complexity index is 3050. The van der Waals surface area contributed by atoms with E-state index in [0.717, 1.165) is 34.1 Å². The number of para-hydroxylation sites is 2. The molecule has 2 nitrogen and oxygen atoms in total. The van der Waals surface area contributed by atoms with Gasteiger partial charge in [0.2, 0.25) is 0 Å². The first-order valence-electron chi connectivity index (χ1n) is 20.1. The zero-order chi connectivity index (χ0) is 39.1. The number of hydrogen-bond donors (Lipinski definition) is 0. The lowest BCUT2D eigenvalue weighted by molar-refractivity contribution is 1.30. The van der Waals surface area contributed by atoms with Crippen LogP contribution in [0.2, 0.25) is 0 Å². The molecule has 3 heteroatoms. The van der Waals surface area contributed by atoms with Crippen molar-refractivity contribution >= 4 is 87.2 Å². The molecular formula is C56H38N2S. The van der Waals surface area contributed by atoms with E-state index in [1.54, 1.807) is 0 Å². The zero-order valence-corrected chi connectivity index (χ0v) is 33.1. The number of thiophene rings is 1. The van der Waals surface area contributed by atoms with Gasteiger partial charge in [0, 0.05) is 53.7 Å². The molecule has 59 heavy (non-hydrogen) atoms. The standard InChI is InChI=1S/C56H38N2S/c1-5-19-39(20-6-1)41-23-17-29-45(35-41)57(43-25-9-3-10-26-43)51-37-53-55(49-33-15-13-31-47(49)51)56-50-34-16-14-32-48(50)52(38-54(56)59-53)58(44-27-11-4-12-28-44)46-30-18-24-42(36-46)40-21-7-2-8-22-40/h1-38H. The maximum absolute atomic E-state index is 2.43. The Hall–Kier alpha value is -7.46. The molecule has 278 valence electrons. The van der Waals surface area contributed by atoms with Gasteiger partial charge in [0.25, 0.3) is 0 Å². The quantitative estimate of drug-likeness (QED) is 0.152. The lowest BCUT2D eigenvalue weighted by atomic mass is 9.96. The van der Waals surface area contributed by atoms with Gasteiger partial charge in [0.1, 0.15) is 0 Å². The summed E-state index contributed by atoms with van der Waals surface area (Å²) in [5, 5.41) is 7.53. The predicted octanol–water partition coefficient (Wildman–Crippen LogP) is 16.6. The molecule has 0 aliphatic rings. The molecule has 0 radical (unpaired) electrons. The van der Waals surface area contributed by atoms with Crippen LogP contribution in [-0.4, -0.2) is 0 Å². The minimum Gasteiger partial charge on any atom is -0.310 e. The summed E-state index contributed by atoms with van der Waals surface area (Å²) in [4.78, 5) is 4.86. The van der Waals surface area contributed by atoms with E-state index in [1.165, 1.54) is 64.0 Å². The third kappa shape index (κ3) is 6.20. The normalized spacial score (nSPS) is 11.4. The Morgan fingerprint density at radius 1 is 0.254 bits per heavy atom. The molecule has 0 aliphatic heterocycles. The third-order valence-electron chi connectivity index (χ3n) is 11.4. The van der Waals surface area contributed by atoms with Crippen LogP contribution in [0.3, 0.4) is 0 Å². The van der Waals surface area contributed by atoms with Gasteiger partial charge < -0.3 is 9.80 Å². The number of fused-ring (bicyclic) bond motifs is 7. The smallest absolute Gasteiger partial charge is 0.0554 e. The Morgan fingerprint density at radius 3 is 0.983 bits per heavy atom. The highest BCUT2D eigenvalue weighted by Gasteiger charge is 2.23. The first-order chi connectivity index (χ1) is 29.3. The summed E-state index contributed by atoms with van der Waals surface area (Å²) in [5.74, 6) is 0. The minimum absolute atomic E-state index is 1.12. The van der Waals surface area contributed by atoms with Crippen LogP contribution in [0, 0.1) is 0 Å². The highest BCUT2D eigenvalue weighted by Crippen LogP contribution is 2.51. The molecule has 0 atom stereocenters. The van der Waals surface area contributed by atoms with E-state index in [9.17, 15) is 0 Å². The van der Waals surface area contributed by atoms with Gasteiger partial charge in [-0.15, -0.1) is 11.3 Å². The Morgan fingerprint density at radius 2 is 0.576 bits per heavy atom. The lowest BCUT2D eigenvalue weighted by Crippen LogP contribution is -2.10. The summed E-state index contributed by atoms with van der Waals surface area (Å²) in [6.07, 6.45) is 0. The van der Waals surface area contributed by atoms with Crippen molar-refractivity contribution in [2.45, 2.75) is 0 Å². The fourth-order valence-electron chi connectivity index (χ4n) is 8.75. The largest absolute Gasteiger partial charge is 0.310 e. The summed E-state index contributed by atoms with van der Waals surface area (Å²) in [7, 11) is 0. The first-order valence-corrected chi connectivity index (χ1v) is 20.9. The highest BCUT2D eigenvalue weighted by molar-refractivity contribution is 7.26. The molecule has 0 saturated carbocycles.